The van der Waals surface area contributed by atoms with E-state index in [4.69, 9.17) is 9.47 Å². The van der Waals surface area contributed by atoms with Gasteiger partial charge in [0.2, 0.25) is 0 Å². The van der Waals surface area contributed by atoms with Gasteiger partial charge in [-0.05, 0) is 59.7 Å². The molecule has 3 heterocycles. The number of amides is 4. The van der Waals surface area contributed by atoms with Crippen molar-refractivity contribution in [3.8, 4) is 0 Å². The van der Waals surface area contributed by atoms with Crippen LogP contribution < -0.4 is 16.0 Å². The second-order valence-electron chi connectivity index (χ2n) is 9.93. The summed E-state index contributed by atoms with van der Waals surface area (Å²) in [6.45, 7) is 1.35. The number of alkyl carbamates (subject to hydrolysis) is 1. The highest BCUT2D eigenvalue weighted by atomic mass is 79.9. The second kappa shape index (κ2) is 9.62. The summed E-state index contributed by atoms with van der Waals surface area (Å²) in [7, 11) is 1.05. The number of carbonyl (C=O) groups excluding carboxylic acids is 3. The third kappa shape index (κ3) is 4.76. The van der Waals surface area contributed by atoms with Gasteiger partial charge < -0.3 is 30.0 Å². The van der Waals surface area contributed by atoms with Gasteiger partial charge in [-0.2, -0.15) is 0 Å². The maximum Gasteiger partial charge on any atom is 0.407 e. The summed E-state index contributed by atoms with van der Waals surface area (Å²) in [5, 5.41) is 8.86. The first-order chi connectivity index (χ1) is 16.0. The highest BCUT2D eigenvalue weighted by molar-refractivity contribution is 9.10. The lowest BCUT2D eigenvalue weighted by Gasteiger charge is -2.35. The molecule has 4 rings (SSSR count). The Hall–Kier alpha value is -1.92. The van der Waals surface area contributed by atoms with Gasteiger partial charge in [0, 0.05) is 32.4 Å². The minimum absolute atomic E-state index is 0.0449. The maximum atomic E-state index is 12.6. The number of unbranched alkanes of at least 4 members (excludes halogenated alkanes) is 1. The van der Waals surface area contributed by atoms with Gasteiger partial charge >= 0.3 is 12.1 Å². The number of ether oxygens (including phenoxy) is 2. The number of fused-ring (bicyclic) bond motifs is 5. The normalized spacial score (nSPS) is 28.0. The number of likely N-dealkylation sites (N-methyl/N-ethyl adjacent to an activating group) is 1. The summed E-state index contributed by atoms with van der Waals surface area (Å²) in [5.74, 6) is 0.731. The van der Waals surface area contributed by atoms with Gasteiger partial charge in [-0.15, -0.1) is 0 Å². The molecule has 3 N–H and O–H groups in total. The number of hydrogen-bond donors (Lipinski definition) is 3. The minimum Gasteiger partial charge on any atom is -0.449 e. The van der Waals surface area contributed by atoms with E-state index in [2.05, 4.69) is 50.6 Å². The molecule has 1 aromatic rings. The lowest BCUT2D eigenvalue weighted by molar-refractivity contribution is -0.118. The average molecular weight is 561 g/mol. The van der Waals surface area contributed by atoms with Crippen LogP contribution >= 0.6 is 26.0 Å². The molecule has 1 unspecified atom stereocenters. The zero-order valence-corrected chi connectivity index (χ0v) is 22.5. The summed E-state index contributed by atoms with van der Waals surface area (Å²) in [4.78, 5) is 38.6. The Bertz CT molecular complexity index is 966. The van der Waals surface area contributed by atoms with Crippen molar-refractivity contribution in [2.45, 2.75) is 43.1 Å². The van der Waals surface area contributed by atoms with Crippen LogP contribution in [-0.2, 0) is 9.47 Å². The Morgan fingerprint density at radius 1 is 1.24 bits per heavy atom. The molecule has 1 saturated heterocycles. The third-order valence-electron chi connectivity index (χ3n) is 6.76. The van der Waals surface area contributed by atoms with Crippen LogP contribution in [0.25, 0.3) is 0 Å². The first-order valence-corrected chi connectivity index (χ1v) is 15.3. The Morgan fingerprint density at radius 3 is 2.74 bits per heavy atom. The van der Waals surface area contributed by atoms with Crippen molar-refractivity contribution in [2.75, 3.05) is 51.3 Å². The van der Waals surface area contributed by atoms with Crippen LogP contribution in [0, 0.1) is 0 Å². The molecule has 1 aromatic heterocycles. The van der Waals surface area contributed by atoms with Crippen LogP contribution in [0.4, 0.5) is 9.59 Å². The van der Waals surface area contributed by atoms with Gasteiger partial charge in [-0.25, -0.2) is 19.6 Å². The van der Waals surface area contributed by atoms with E-state index in [1.54, 1.807) is 18.0 Å². The molecule has 0 aromatic carbocycles. The molecule has 0 bridgehead atoms. The standard InChI is InChI=1S/C22H34BrN5O5S/c1-27-20(30)26-18-17-15(28-14(19(29)25-17)7-8-16(28)23)13-22(18,27)33-10-6-5-9-24-21(31)32-11-12-34(2,3)4/h7-8,15,17-18H,5-6,9-13H2,1-4H3,(H,24,31)(H,25,29)(H,26,30)/t15-,17-,18?,22+/m1/s1. The highest BCUT2D eigenvalue weighted by Gasteiger charge is 2.65. The zero-order chi connectivity index (χ0) is 24.7. The van der Waals surface area contributed by atoms with Crippen molar-refractivity contribution >= 4 is 44.0 Å². The van der Waals surface area contributed by atoms with Crippen molar-refractivity contribution in [2.24, 2.45) is 0 Å². The van der Waals surface area contributed by atoms with Crippen molar-refractivity contribution in [1.82, 2.24) is 25.4 Å². The zero-order valence-electron chi connectivity index (χ0n) is 20.1. The lowest BCUT2D eigenvalue weighted by Crippen LogP contribution is -2.57. The Morgan fingerprint density at radius 2 is 2.00 bits per heavy atom. The Labute approximate surface area is 209 Å². The van der Waals surface area contributed by atoms with Crippen molar-refractivity contribution < 1.29 is 23.9 Å². The van der Waals surface area contributed by atoms with Crippen LogP contribution in [0.15, 0.2) is 16.7 Å². The average Bonchev–Trinajstić information content (AvgIpc) is 3.36. The van der Waals surface area contributed by atoms with E-state index < -0.39 is 21.8 Å². The number of aromatic nitrogens is 1. The van der Waals surface area contributed by atoms with Crippen LogP contribution in [0.5, 0.6) is 0 Å². The number of nitrogens with zero attached hydrogens (tertiary/aromatic N) is 2. The van der Waals surface area contributed by atoms with E-state index in [9.17, 15) is 14.4 Å². The molecule has 1 aliphatic carbocycles. The first-order valence-electron chi connectivity index (χ1n) is 11.5. The van der Waals surface area contributed by atoms with E-state index in [0.717, 1.165) is 16.8 Å². The van der Waals surface area contributed by atoms with Gasteiger partial charge in [-0.3, -0.25) is 9.69 Å². The molecule has 10 nitrogen and oxygen atoms in total. The molecular weight excluding hydrogens is 526 g/mol. The summed E-state index contributed by atoms with van der Waals surface area (Å²) in [5.41, 5.74) is -0.258. The van der Waals surface area contributed by atoms with Crippen molar-refractivity contribution in [3.63, 3.8) is 0 Å². The van der Waals surface area contributed by atoms with E-state index in [1.165, 1.54) is 0 Å². The molecular formula is C22H34BrN5O5S. The molecule has 2 fully saturated rings. The van der Waals surface area contributed by atoms with E-state index >= 15 is 0 Å². The smallest absolute Gasteiger partial charge is 0.407 e. The molecule has 12 heteroatoms. The summed E-state index contributed by atoms with van der Waals surface area (Å²) < 4.78 is 14.4. The van der Waals surface area contributed by atoms with E-state index in [1.807, 2.05) is 10.6 Å². The predicted molar refractivity (Wildman–Crippen MR) is 135 cm³/mol. The van der Waals surface area contributed by atoms with Crippen LogP contribution in [0.3, 0.4) is 0 Å². The molecule has 1 saturated carbocycles. The summed E-state index contributed by atoms with van der Waals surface area (Å²) >= 11 is 3.56. The quantitative estimate of drug-likeness (QED) is 0.401. The van der Waals surface area contributed by atoms with E-state index in [0.29, 0.717) is 38.3 Å². The fourth-order valence-electron chi connectivity index (χ4n) is 4.96. The Kier molecular flexibility index (Phi) is 7.12. The van der Waals surface area contributed by atoms with Gasteiger partial charge in [0.15, 0.2) is 5.72 Å². The largest absolute Gasteiger partial charge is 0.449 e. The number of hydrogen-bond acceptors (Lipinski definition) is 5. The SMILES string of the molecule is CN1C(=O)NC2[C@@H]3NC(=O)c4ccc(Br)n4[C@@H]3C[C@]21OCCCCNC(=O)OCCS(C)(C)C. The van der Waals surface area contributed by atoms with Crippen molar-refractivity contribution in [3.05, 3.63) is 22.4 Å². The predicted octanol–water partition coefficient (Wildman–Crippen LogP) is 2.24. The molecule has 34 heavy (non-hydrogen) atoms. The van der Waals surface area contributed by atoms with Crippen molar-refractivity contribution in [1.29, 1.82) is 0 Å². The van der Waals surface area contributed by atoms with Crippen LogP contribution in [-0.4, -0.2) is 96.6 Å². The van der Waals surface area contributed by atoms with E-state index in [-0.39, 0.29) is 30.1 Å². The molecule has 4 atom stereocenters. The lowest BCUT2D eigenvalue weighted by atomic mass is 10.0. The monoisotopic (exact) mass is 559 g/mol. The summed E-state index contributed by atoms with van der Waals surface area (Å²) in [6.07, 6.45) is 8.16. The van der Waals surface area contributed by atoms with Gasteiger partial charge in [0.05, 0.1) is 16.7 Å². The molecule has 2 aliphatic heterocycles. The van der Waals surface area contributed by atoms with Gasteiger partial charge in [-0.1, -0.05) is 0 Å². The number of rotatable bonds is 9. The number of halogens is 1. The third-order valence-corrected chi connectivity index (χ3v) is 8.80. The fourth-order valence-corrected chi connectivity index (χ4v) is 6.13. The summed E-state index contributed by atoms with van der Waals surface area (Å²) in [6, 6.07) is 2.77. The first kappa shape index (κ1) is 25.2. The van der Waals surface area contributed by atoms with Gasteiger partial charge in [0.25, 0.3) is 5.91 Å². The Balaban J connectivity index is 1.30. The minimum atomic E-state index is -0.854. The van der Waals surface area contributed by atoms with Gasteiger partial charge in [0.1, 0.15) is 18.3 Å². The van der Waals surface area contributed by atoms with Crippen LogP contribution in [0.2, 0.25) is 0 Å². The van der Waals surface area contributed by atoms with Crippen LogP contribution in [0.1, 0.15) is 35.8 Å². The second-order valence-corrected chi connectivity index (χ2v) is 15.3. The number of carbonyl (C=O) groups is 3. The molecule has 0 spiro atoms. The number of urea groups is 1. The number of nitrogens with one attached hydrogen (secondary N) is 3. The maximum absolute atomic E-state index is 12.6. The highest BCUT2D eigenvalue weighted by Crippen LogP contribution is 2.48. The molecule has 0 radical (unpaired) electrons. The molecule has 3 aliphatic rings. The molecule has 4 amide bonds. The fraction of sp³-hybridized carbons (Fsp3) is 0.682. The topological polar surface area (TPSA) is 114 Å². The molecule has 190 valence electrons.